The fourth-order valence-corrected chi connectivity index (χ4v) is 1.82. The highest BCUT2D eigenvalue weighted by Crippen LogP contribution is 2.19. The summed E-state index contributed by atoms with van der Waals surface area (Å²) < 4.78 is 0. The van der Waals surface area contributed by atoms with Crippen LogP contribution in [0.15, 0.2) is 6.07 Å². The van der Waals surface area contributed by atoms with Gasteiger partial charge >= 0.3 is 0 Å². The summed E-state index contributed by atoms with van der Waals surface area (Å²) in [6.07, 6.45) is 2.21. The minimum atomic E-state index is 0.353. The lowest BCUT2D eigenvalue weighted by atomic mass is 10.1. The Bertz CT molecular complexity index is 404. The van der Waals surface area contributed by atoms with Crippen LogP contribution in [-0.4, -0.2) is 11.0 Å². The molecule has 0 saturated carbocycles. The Morgan fingerprint density at radius 1 is 1.50 bits per heavy atom. The van der Waals surface area contributed by atoms with Crippen molar-refractivity contribution < 1.29 is 0 Å². The first-order valence-electron chi connectivity index (χ1n) is 5.73. The largest absolute Gasteiger partial charge is 0.367 e. The number of aromatic nitrogens is 1. The average molecular weight is 217 g/mol. The zero-order chi connectivity index (χ0) is 12.1. The van der Waals surface area contributed by atoms with Crippen molar-refractivity contribution in [2.75, 3.05) is 5.32 Å². The predicted octanol–water partition coefficient (Wildman–Crippen LogP) is 3.17. The van der Waals surface area contributed by atoms with Crippen LogP contribution in [0.4, 0.5) is 5.82 Å². The molecule has 16 heavy (non-hydrogen) atoms. The second-order valence-corrected chi connectivity index (χ2v) is 4.25. The van der Waals surface area contributed by atoms with Crippen LogP contribution in [-0.2, 0) is 0 Å². The molecule has 0 radical (unpaired) electrons. The van der Waals surface area contributed by atoms with E-state index in [9.17, 15) is 0 Å². The highest BCUT2D eigenvalue weighted by Gasteiger charge is 2.10. The van der Waals surface area contributed by atoms with Gasteiger partial charge in [0.2, 0.25) is 0 Å². The number of aryl methyl sites for hydroxylation is 2. The normalized spacial score (nSPS) is 11.9. The van der Waals surface area contributed by atoms with Gasteiger partial charge in [0.1, 0.15) is 11.9 Å². The molecule has 1 rings (SSSR count). The Morgan fingerprint density at radius 2 is 2.19 bits per heavy atom. The van der Waals surface area contributed by atoms with E-state index in [0.29, 0.717) is 11.6 Å². The third-order valence-corrected chi connectivity index (χ3v) is 2.56. The smallest absolute Gasteiger partial charge is 0.144 e. The number of hydrogen-bond donors (Lipinski definition) is 1. The van der Waals surface area contributed by atoms with Crippen LogP contribution < -0.4 is 5.32 Å². The molecule has 3 heteroatoms. The van der Waals surface area contributed by atoms with Crippen molar-refractivity contribution in [2.24, 2.45) is 0 Å². The van der Waals surface area contributed by atoms with Crippen molar-refractivity contribution in [3.63, 3.8) is 0 Å². The van der Waals surface area contributed by atoms with E-state index in [1.807, 2.05) is 19.9 Å². The molecule has 0 fully saturated rings. The molecule has 1 atom stereocenters. The van der Waals surface area contributed by atoms with E-state index < -0.39 is 0 Å². The maximum Gasteiger partial charge on any atom is 0.144 e. The van der Waals surface area contributed by atoms with Crippen LogP contribution in [0.5, 0.6) is 0 Å². The van der Waals surface area contributed by atoms with Gasteiger partial charge in [-0.15, -0.1) is 0 Å². The van der Waals surface area contributed by atoms with E-state index in [4.69, 9.17) is 5.26 Å². The first-order chi connectivity index (χ1) is 7.58. The van der Waals surface area contributed by atoms with Crippen molar-refractivity contribution in [2.45, 2.75) is 46.6 Å². The average Bonchev–Trinajstić information content (AvgIpc) is 2.17. The van der Waals surface area contributed by atoms with Crippen molar-refractivity contribution >= 4 is 5.82 Å². The molecule has 0 aromatic carbocycles. The third-order valence-electron chi connectivity index (χ3n) is 2.56. The molecule has 0 bridgehead atoms. The van der Waals surface area contributed by atoms with Crippen LogP contribution in [0.25, 0.3) is 0 Å². The molecule has 0 aliphatic rings. The van der Waals surface area contributed by atoms with E-state index in [0.717, 1.165) is 29.9 Å². The first-order valence-corrected chi connectivity index (χ1v) is 5.73. The Balaban J connectivity index is 2.99. The Morgan fingerprint density at radius 3 is 2.75 bits per heavy atom. The molecule has 3 nitrogen and oxygen atoms in total. The van der Waals surface area contributed by atoms with Crippen molar-refractivity contribution in [3.8, 4) is 6.07 Å². The van der Waals surface area contributed by atoms with Gasteiger partial charge in [0.25, 0.3) is 0 Å². The van der Waals surface area contributed by atoms with E-state index in [1.165, 1.54) is 0 Å². The van der Waals surface area contributed by atoms with Gasteiger partial charge in [-0.3, -0.25) is 0 Å². The highest BCUT2D eigenvalue weighted by atomic mass is 15.0. The minimum Gasteiger partial charge on any atom is -0.367 e. The summed E-state index contributed by atoms with van der Waals surface area (Å²) in [6, 6.07) is 4.50. The molecule has 86 valence electrons. The van der Waals surface area contributed by atoms with Crippen LogP contribution in [0.2, 0.25) is 0 Å². The van der Waals surface area contributed by atoms with E-state index in [-0.39, 0.29) is 0 Å². The summed E-state index contributed by atoms with van der Waals surface area (Å²) in [4.78, 5) is 4.39. The van der Waals surface area contributed by atoms with Gasteiger partial charge in [0, 0.05) is 11.7 Å². The Kier molecular flexibility index (Phi) is 4.30. The maximum absolute atomic E-state index is 9.10. The SMILES string of the molecule is CCCC(C)Nc1nc(C)cc(C)c1C#N. The molecule has 0 amide bonds. The Hall–Kier alpha value is -1.56. The van der Waals surface area contributed by atoms with E-state index in [1.54, 1.807) is 0 Å². The van der Waals surface area contributed by atoms with Crippen LogP contribution in [0, 0.1) is 25.2 Å². The quantitative estimate of drug-likeness (QED) is 0.842. The molecular formula is C13H19N3. The number of nitriles is 1. The van der Waals surface area contributed by atoms with Gasteiger partial charge in [-0.1, -0.05) is 13.3 Å². The molecule has 1 heterocycles. The summed E-state index contributed by atoms with van der Waals surface area (Å²) in [5.41, 5.74) is 2.59. The van der Waals surface area contributed by atoms with Crippen LogP contribution in [0.1, 0.15) is 43.5 Å². The van der Waals surface area contributed by atoms with Gasteiger partial charge in [-0.05, 0) is 38.8 Å². The molecule has 1 N–H and O–H groups in total. The summed E-state index contributed by atoms with van der Waals surface area (Å²) in [5, 5.41) is 12.4. The fraction of sp³-hybridized carbons (Fsp3) is 0.538. The molecule has 0 aliphatic carbocycles. The minimum absolute atomic E-state index is 0.353. The van der Waals surface area contributed by atoms with Crippen molar-refractivity contribution in [1.29, 1.82) is 5.26 Å². The number of anilines is 1. The maximum atomic E-state index is 9.10. The number of pyridine rings is 1. The number of rotatable bonds is 4. The number of nitrogens with zero attached hydrogens (tertiary/aromatic N) is 2. The summed E-state index contributed by atoms with van der Waals surface area (Å²) in [5.74, 6) is 0.723. The van der Waals surface area contributed by atoms with E-state index >= 15 is 0 Å². The van der Waals surface area contributed by atoms with Gasteiger partial charge in [0.05, 0.1) is 5.56 Å². The Labute approximate surface area is 97.5 Å². The van der Waals surface area contributed by atoms with Crippen LogP contribution in [0.3, 0.4) is 0 Å². The predicted molar refractivity (Wildman–Crippen MR) is 66.4 cm³/mol. The van der Waals surface area contributed by atoms with Gasteiger partial charge in [-0.2, -0.15) is 5.26 Å². The zero-order valence-electron chi connectivity index (χ0n) is 10.5. The van der Waals surface area contributed by atoms with Crippen molar-refractivity contribution in [1.82, 2.24) is 4.98 Å². The first kappa shape index (κ1) is 12.5. The summed E-state index contributed by atoms with van der Waals surface area (Å²) >= 11 is 0. The second kappa shape index (κ2) is 5.50. The molecule has 0 aliphatic heterocycles. The van der Waals surface area contributed by atoms with Gasteiger partial charge in [-0.25, -0.2) is 4.98 Å². The lowest BCUT2D eigenvalue weighted by Crippen LogP contribution is -2.17. The van der Waals surface area contributed by atoms with Gasteiger partial charge < -0.3 is 5.32 Å². The third kappa shape index (κ3) is 2.96. The number of nitrogens with one attached hydrogen (secondary N) is 1. The number of hydrogen-bond acceptors (Lipinski definition) is 3. The van der Waals surface area contributed by atoms with E-state index in [2.05, 4.69) is 30.2 Å². The highest BCUT2D eigenvalue weighted by molar-refractivity contribution is 5.56. The topological polar surface area (TPSA) is 48.7 Å². The lowest BCUT2D eigenvalue weighted by Gasteiger charge is -2.15. The second-order valence-electron chi connectivity index (χ2n) is 4.25. The summed E-state index contributed by atoms with van der Waals surface area (Å²) in [7, 11) is 0. The standard InChI is InChI=1S/C13H19N3/c1-5-6-10(3)15-13-12(8-14)9(2)7-11(4)16-13/h7,10H,5-6H2,1-4H3,(H,15,16). The lowest BCUT2D eigenvalue weighted by molar-refractivity contribution is 0.687. The van der Waals surface area contributed by atoms with Crippen LogP contribution >= 0.6 is 0 Å². The summed E-state index contributed by atoms with van der Waals surface area (Å²) in [6.45, 7) is 8.16. The molecule has 1 aromatic rings. The molecule has 1 unspecified atom stereocenters. The van der Waals surface area contributed by atoms with Crippen molar-refractivity contribution in [3.05, 3.63) is 22.9 Å². The fourth-order valence-electron chi connectivity index (χ4n) is 1.82. The zero-order valence-corrected chi connectivity index (χ0v) is 10.5. The van der Waals surface area contributed by atoms with Gasteiger partial charge in [0.15, 0.2) is 0 Å². The monoisotopic (exact) mass is 217 g/mol. The molecule has 0 saturated heterocycles. The molecular weight excluding hydrogens is 198 g/mol. The molecule has 1 aromatic heterocycles. The molecule has 0 spiro atoms.